The van der Waals surface area contributed by atoms with Crippen LogP contribution < -0.4 is 0 Å². The quantitative estimate of drug-likeness (QED) is 0.272. The Bertz CT molecular complexity index is 96.9. The molecule has 0 N–H and O–H groups in total. The van der Waals surface area contributed by atoms with E-state index in [-0.39, 0.29) is 6.61 Å². The molecule has 11 heavy (non-hydrogen) atoms. The summed E-state index contributed by atoms with van der Waals surface area (Å²) in [6, 6.07) is 0. The van der Waals surface area contributed by atoms with Gasteiger partial charge in [0.15, 0.2) is 0 Å². The highest BCUT2D eigenvalue weighted by Gasteiger charge is 1.90. The first-order valence-corrected chi connectivity index (χ1v) is 3.27. The highest BCUT2D eigenvalue weighted by Crippen LogP contribution is 1.78. The summed E-state index contributed by atoms with van der Waals surface area (Å²) in [5.41, 5.74) is 0. The largest absolute Gasteiger partial charge is 0.382 e. The first-order valence-electron chi connectivity index (χ1n) is 2.80. The molecule has 5 nitrogen and oxygen atoms in total. The van der Waals surface area contributed by atoms with Crippen LogP contribution in [0.15, 0.2) is 0 Å². The molecule has 0 aromatic heterocycles. The molecule has 6 heteroatoms. The maximum atomic E-state index is 10.0. The van der Waals surface area contributed by atoms with Gasteiger partial charge in [-0.15, -0.1) is 0 Å². The second-order valence-electron chi connectivity index (χ2n) is 1.39. The van der Waals surface area contributed by atoms with Crippen LogP contribution in [0.4, 0.5) is 0 Å². The molecule has 1 atom stereocenters. The molecule has 0 radical (unpaired) electrons. The standard InChI is InChI=1S/C5H10O4.H2OP/c1-5(6)9-8-4-3-7-2;1-2/h3-4H2,1-2H3;2H2/q;+1. The molecule has 66 valence electrons. The Morgan fingerprint density at radius 2 is 1.91 bits per heavy atom. The van der Waals surface area contributed by atoms with Crippen molar-refractivity contribution in [3.8, 4) is 0 Å². The molecule has 0 spiro atoms. The first kappa shape index (κ1) is 13.1. The minimum absolute atomic E-state index is 0.274. The van der Waals surface area contributed by atoms with E-state index < -0.39 is 5.97 Å². The lowest BCUT2D eigenvalue weighted by Crippen LogP contribution is -2.05. The topological polar surface area (TPSA) is 61.8 Å². The summed E-state index contributed by atoms with van der Waals surface area (Å²) in [5, 5.41) is 0. The predicted octanol–water partition coefficient (Wildman–Crippen LogP) is 0.335. The van der Waals surface area contributed by atoms with Crippen molar-refractivity contribution in [1.82, 2.24) is 0 Å². The molecule has 0 saturated carbocycles. The van der Waals surface area contributed by atoms with Crippen LogP contribution in [0.3, 0.4) is 0 Å². The maximum Gasteiger partial charge on any atom is 0.339 e. The molecule has 0 fully saturated rings. The van der Waals surface area contributed by atoms with E-state index in [1.54, 1.807) is 0 Å². The van der Waals surface area contributed by atoms with Crippen molar-refractivity contribution in [1.29, 1.82) is 0 Å². The number of rotatable bonds is 4. The summed E-state index contributed by atoms with van der Waals surface area (Å²) in [7, 11) is 2.71. The fraction of sp³-hybridized carbons (Fsp3) is 0.800. The molecule has 0 heterocycles. The van der Waals surface area contributed by atoms with Crippen LogP contribution >= 0.6 is 9.12 Å². The van der Waals surface area contributed by atoms with Crippen molar-refractivity contribution in [2.24, 2.45) is 0 Å². The van der Waals surface area contributed by atoms with Gasteiger partial charge in [-0.3, -0.25) is 4.89 Å². The summed E-state index contributed by atoms with van der Waals surface area (Å²) in [6.45, 7) is 1.97. The zero-order valence-electron chi connectivity index (χ0n) is 6.53. The van der Waals surface area contributed by atoms with Crippen LogP contribution in [0.1, 0.15) is 6.92 Å². The zero-order chi connectivity index (χ0) is 9.11. The van der Waals surface area contributed by atoms with Gasteiger partial charge in [-0.25, -0.2) is 4.79 Å². The van der Waals surface area contributed by atoms with Gasteiger partial charge < -0.3 is 4.74 Å². The first-order chi connectivity index (χ1) is 5.27. The van der Waals surface area contributed by atoms with E-state index in [9.17, 15) is 4.79 Å². The molecule has 0 saturated heterocycles. The van der Waals surface area contributed by atoms with Crippen LogP contribution in [-0.2, 0) is 23.9 Å². The molecule has 0 aliphatic rings. The van der Waals surface area contributed by atoms with E-state index in [2.05, 4.69) is 14.5 Å². The Kier molecular flexibility index (Phi) is 14.5. The molecule has 0 aliphatic heterocycles. The number of carbonyl (C=O) groups excluding carboxylic acids is 1. The Hall–Kier alpha value is -0.510. The van der Waals surface area contributed by atoms with Crippen molar-refractivity contribution in [2.75, 3.05) is 20.3 Å². The molecule has 0 rings (SSSR count). The minimum atomic E-state index is -0.453. The van der Waals surface area contributed by atoms with Gasteiger partial charge in [0, 0.05) is 14.0 Å². The van der Waals surface area contributed by atoms with Crippen molar-refractivity contribution in [3.05, 3.63) is 0 Å². The molecular weight excluding hydrogens is 171 g/mol. The van der Waals surface area contributed by atoms with Crippen LogP contribution in [-0.4, -0.2) is 26.3 Å². The average molecular weight is 183 g/mol. The molecule has 0 aromatic carbocycles. The van der Waals surface area contributed by atoms with Gasteiger partial charge in [-0.05, 0) is 0 Å². The lowest BCUT2D eigenvalue weighted by molar-refractivity contribution is -0.273. The Labute approximate surface area is 67.2 Å². The normalized spacial score (nSPS) is 7.82. The van der Waals surface area contributed by atoms with Gasteiger partial charge in [-0.2, -0.15) is 4.89 Å². The van der Waals surface area contributed by atoms with Crippen molar-refractivity contribution < 1.29 is 23.9 Å². The summed E-state index contributed by atoms with van der Waals surface area (Å²) in [6.07, 6.45) is 0. The lowest BCUT2D eigenvalue weighted by Gasteiger charge is -1.98. The summed E-state index contributed by atoms with van der Waals surface area (Å²) in [5.74, 6) is -0.453. The molecule has 0 aliphatic carbocycles. The Balaban J connectivity index is 0. The second kappa shape index (κ2) is 12.2. The van der Waals surface area contributed by atoms with Crippen LogP contribution in [0.25, 0.3) is 0 Å². The average Bonchev–Trinajstić information content (AvgIpc) is 2.02. The summed E-state index contributed by atoms with van der Waals surface area (Å²) >= 11 is 0. The summed E-state index contributed by atoms with van der Waals surface area (Å²) in [4.78, 5) is 18.5. The molecular formula is C5H12O5P+. The molecule has 0 bridgehead atoms. The number of ether oxygens (including phenoxy) is 1. The maximum absolute atomic E-state index is 10.0. The van der Waals surface area contributed by atoms with E-state index in [0.717, 1.165) is 0 Å². The fourth-order valence-corrected chi connectivity index (χ4v) is 0.242. The van der Waals surface area contributed by atoms with E-state index in [0.29, 0.717) is 6.61 Å². The fourth-order valence-electron chi connectivity index (χ4n) is 0.242. The van der Waals surface area contributed by atoms with E-state index in [1.165, 1.54) is 23.2 Å². The van der Waals surface area contributed by atoms with Gasteiger partial charge in [0.05, 0.1) is 6.61 Å². The third-order valence-corrected chi connectivity index (χ3v) is 0.547. The second-order valence-corrected chi connectivity index (χ2v) is 1.39. The molecule has 0 aromatic rings. The van der Waals surface area contributed by atoms with Crippen LogP contribution in [0.2, 0.25) is 0 Å². The van der Waals surface area contributed by atoms with Crippen molar-refractivity contribution in [2.45, 2.75) is 6.92 Å². The van der Waals surface area contributed by atoms with E-state index >= 15 is 0 Å². The summed E-state index contributed by atoms with van der Waals surface area (Å²) < 4.78 is 12.8. The zero-order valence-corrected chi connectivity index (χ0v) is 7.69. The van der Waals surface area contributed by atoms with Gasteiger partial charge >= 0.3 is 15.1 Å². The van der Waals surface area contributed by atoms with Gasteiger partial charge in [-0.1, -0.05) is 4.57 Å². The Morgan fingerprint density at radius 3 is 2.27 bits per heavy atom. The smallest absolute Gasteiger partial charge is 0.339 e. The number of hydrogen-bond acceptors (Lipinski definition) is 5. The monoisotopic (exact) mass is 183 g/mol. The van der Waals surface area contributed by atoms with Crippen molar-refractivity contribution in [3.63, 3.8) is 0 Å². The number of carbonyl (C=O) groups is 1. The highest BCUT2D eigenvalue weighted by atomic mass is 31.0. The molecule has 0 amide bonds. The van der Waals surface area contributed by atoms with E-state index in [1.807, 2.05) is 0 Å². The van der Waals surface area contributed by atoms with Gasteiger partial charge in [0.2, 0.25) is 0 Å². The predicted molar refractivity (Wildman–Crippen MR) is 40.0 cm³/mol. The van der Waals surface area contributed by atoms with Crippen LogP contribution in [0, 0.1) is 0 Å². The van der Waals surface area contributed by atoms with Gasteiger partial charge in [0.1, 0.15) is 6.61 Å². The van der Waals surface area contributed by atoms with E-state index in [4.69, 9.17) is 4.57 Å². The number of hydrogen-bond donors (Lipinski definition) is 0. The molecule has 1 unspecified atom stereocenters. The Morgan fingerprint density at radius 1 is 1.36 bits per heavy atom. The third kappa shape index (κ3) is 17.7. The van der Waals surface area contributed by atoms with Gasteiger partial charge in [0.25, 0.3) is 0 Å². The number of methoxy groups -OCH3 is 1. The minimum Gasteiger partial charge on any atom is -0.382 e. The highest BCUT2D eigenvalue weighted by molar-refractivity contribution is 7.00. The SMILES string of the molecule is COCCOOC(C)=O.O=[PH2+]. The lowest BCUT2D eigenvalue weighted by atomic mass is 10.8. The van der Waals surface area contributed by atoms with Crippen molar-refractivity contribution >= 4 is 15.1 Å². The van der Waals surface area contributed by atoms with Crippen LogP contribution in [0.5, 0.6) is 0 Å². The third-order valence-electron chi connectivity index (χ3n) is 0.547.